The molecule has 0 aliphatic rings. The number of aromatic nitrogens is 1. The predicted octanol–water partition coefficient (Wildman–Crippen LogP) is 2.25. The van der Waals surface area contributed by atoms with Gasteiger partial charge >= 0.3 is 0 Å². The summed E-state index contributed by atoms with van der Waals surface area (Å²) in [6, 6.07) is 11.7. The van der Waals surface area contributed by atoms with Crippen molar-refractivity contribution in [3.05, 3.63) is 59.9 Å². The third-order valence-electron chi connectivity index (χ3n) is 3.76. The van der Waals surface area contributed by atoms with Crippen LogP contribution < -0.4 is 9.62 Å². The van der Waals surface area contributed by atoms with Crippen molar-refractivity contribution >= 4 is 21.6 Å². The summed E-state index contributed by atoms with van der Waals surface area (Å²) in [5.74, 6) is -0.347. The fraction of sp³-hybridized carbons (Fsp3) is 0.333. The molecule has 2 rings (SSSR count). The summed E-state index contributed by atoms with van der Waals surface area (Å²) in [6.07, 6.45) is 3.12. The van der Waals surface area contributed by atoms with E-state index in [-0.39, 0.29) is 12.5 Å². The number of amides is 1. The molecule has 6 nitrogen and oxygen atoms in total. The molecule has 25 heavy (non-hydrogen) atoms. The average molecular weight is 361 g/mol. The van der Waals surface area contributed by atoms with Crippen LogP contribution in [0.25, 0.3) is 0 Å². The first-order valence-electron chi connectivity index (χ1n) is 8.06. The highest BCUT2D eigenvalue weighted by Crippen LogP contribution is 2.23. The molecule has 1 atom stereocenters. The van der Waals surface area contributed by atoms with Crippen LogP contribution >= 0.6 is 0 Å². The molecule has 2 aromatic rings. The van der Waals surface area contributed by atoms with Crippen LogP contribution in [0.5, 0.6) is 0 Å². The number of benzene rings is 1. The van der Waals surface area contributed by atoms with Crippen LogP contribution in [0.2, 0.25) is 0 Å². The molecule has 0 saturated heterocycles. The van der Waals surface area contributed by atoms with Crippen LogP contribution in [0.15, 0.2) is 48.7 Å². The second-order valence-corrected chi connectivity index (χ2v) is 7.72. The number of pyridine rings is 1. The average Bonchev–Trinajstić information content (AvgIpc) is 2.57. The maximum Gasteiger partial charge on any atom is 0.244 e. The van der Waals surface area contributed by atoms with Gasteiger partial charge in [0.1, 0.15) is 6.04 Å². The van der Waals surface area contributed by atoms with E-state index in [1.165, 1.54) is 4.31 Å². The summed E-state index contributed by atoms with van der Waals surface area (Å²) >= 11 is 0. The van der Waals surface area contributed by atoms with Crippen LogP contribution in [0.4, 0.5) is 5.69 Å². The topological polar surface area (TPSA) is 79.4 Å². The molecule has 0 radical (unpaired) electrons. The molecular formula is C18H23N3O3S. The Morgan fingerprint density at radius 2 is 2.00 bits per heavy atom. The lowest BCUT2D eigenvalue weighted by molar-refractivity contribution is -0.122. The number of aryl methyl sites for hydroxylation is 1. The largest absolute Gasteiger partial charge is 0.349 e. The Bertz CT molecular complexity index is 822. The van der Waals surface area contributed by atoms with Crippen LogP contribution in [0, 0.1) is 6.92 Å². The molecule has 0 spiro atoms. The quantitative estimate of drug-likeness (QED) is 0.820. The summed E-state index contributed by atoms with van der Waals surface area (Å²) in [5.41, 5.74) is 2.13. The maximum atomic E-state index is 12.6. The highest BCUT2D eigenvalue weighted by molar-refractivity contribution is 7.92. The van der Waals surface area contributed by atoms with Gasteiger partial charge in [0, 0.05) is 6.20 Å². The van der Waals surface area contributed by atoms with Crippen LogP contribution in [-0.2, 0) is 21.4 Å². The van der Waals surface area contributed by atoms with E-state index in [1.807, 2.05) is 19.1 Å². The molecule has 0 aliphatic carbocycles. The molecule has 0 bridgehead atoms. The minimum Gasteiger partial charge on any atom is -0.349 e. The van der Waals surface area contributed by atoms with Gasteiger partial charge in [-0.1, -0.05) is 25.1 Å². The first-order chi connectivity index (χ1) is 11.8. The Morgan fingerprint density at radius 1 is 1.24 bits per heavy atom. The van der Waals surface area contributed by atoms with Crippen LogP contribution in [0.3, 0.4) is 0 Å². The Labute approximate surface area is 148 Å². The van der Waals surface area contributed by atoms with Crippen molar-refractivity contribution < 1.29 is 13.2 Å². The summed E-state index contributed by atoms with van der Waals surface area (Å²) < 4.78 is 25.9. The summed E-state index contributed by atoms with van der Waals surface area (Å²) in [5, 5.41) is 2.78. The fourth-order valence-electron chi connectivity index (χ4n) is 2.62. The minimum atomic E-state index is -3.62. The molecular weight excluding hydrogens is 338 g/mol. The molecule has 1 aromatic carbocycles. The second-order valence-electron chi connectivity index (χ2n) is 5.86. The number of hydrogen-bond acceptors (Lipinski definition) is 4. The lowest BCUT2D eigenvalue weighted by Gasteiger charge is -2.30. The first-order valence-corrected chi connectivity index (χ1v) is 9.91. The van der Waals surface area contributed by atoms with Crippen molar-refractivity contribution in [2.45, 2.75) is 32.9 Å². The van der Waals surface area contributed by atoms with Crippen molar-refractivity contribution in [3.63, 3.8) is 0 Å². The molecule has 134 valence electrons. The van der Waals surface area contributed by atoms with Crippen molar-refractivity contribution in [2.24, 2.45) is 0 Å². The molecule has 7 heteroatoms. The van der Waals surface area contributed by atoms with E-state index < -0.39 is 16.1 Å². The van der Waals surface area contributed by atoms with Gasteiger partial charge in [0.15, 0.2) is 0 Å². The van der Waals surface area contributed by atoms with E-state index in [1.54, 1.807) is 43.5 Å². The van der Waals surface area contributed by atoms with Crippen molar-refractivity contribution in [2.75, 3.05) is 10.6 Å². The van der Waals surface area contributed by atoms with Gasteiger partial charge in [0.2, 0.25) is 15.9 Å². The number of anilines is 1. The summed E-state index contributed by atoms with van der Waals surface area (Å²) in [4.78, 5) is 16.8. The van der Waals surface area contributed by atoms with E-state index >= 15 is 0 Å². The van der Waals surface area contributed by atoms with Gasteiger partial charge in [-0.25, -0.2) is 8.42 Å². The second kappa shape index (κ2) is 8.11. The number of nitrogens with zero attached hydrogens (tertiary/aromatic N) is 2. The van der Waals surface area contributed by atoms with Crippen molar-refractivity contribution in [3.8, 4) is 0 Å². The standard InChI is InChI=1S/C18H23N3O3S/c1-4-17(18(22)20-13-15-9-5-6-11-19-15)21(25(3,23)24)16-10-7-8-14(2)12-16/h5-12,17H,4,13H2,1-3H3,(H,20,22)/t17-/m0/s1. The molecule has 1 amide bonds. The fourth-order valence-corrected chi connectivity index (χ4v) is 3.83. The first kappa shape index (κ1) is 18.9. The van der Waals surface area contributed by atoms with E-state index in [0.29, 0.717) is 17.8 Å². The smallest absolute Gasteiger partial charge is 0.244 e. The summed E-state index contributed by atoms with van der Waals surface area (Å²) in [7, 11) is -3.62. The maximum absolute atomic E-state index is 12.6. The third-order valence-corrected chi connectivity index (χ3v) is 4.94. The van der Waals surface area contributed by atoms with Crippen molar-refractivity contribution in [1.82, 2.24) is 10.3 Å². The van der Waals surface area contributed by atoms with Crippen LogP contribution in [-0.4, -0.2) is 31.6 Å². The number of nitrogens with one attached hydrogen (secondary N) is 1. The zero-order valence-corrected chi connectivity index (χ0v) is 15.5. The zero-order chi connectivity index (χ0) is 18.4. The minimum absolute atomic E-state index is 0.252. The van der Waals surface area contributed by atoms with E-state index in [4.69, 9.17) is 0 Å². The number of sulfonamides is 1. The monoisotopic (exact) mass is 361 g/mol. The highest BCUT2D eigenvalue weighted by Gasteiger charge is 2.31. The van der Waals surface area contributed by atoms with E-state index in [2.05, 4.69) is 10.3 Å². The summed E-state index contributed by atoms with van der Waals surface area (Å²) in [6.45, 7) is 3.92. The normalized spacial score (nSPS) is 12.4. The number of carbonyl (C=O) groups is 1. The third kappa shape index (κ3) is 5.03. The van der Waals surface area contributed by atoms with Gasteiger partial charge in [-0.05, 0) is 43.2 Å². The Hall–Kier alpha value is -2.41. The van der Waals surface area contributed by atoms with Gasteiger partial charge in [-0.15, -0.1) is 0 Å². The van der Waals surface area contributed by atoms with E-state index in [9.17, 15) is 13.2 Å². The molecule has 0 aliphatic heterocycles. The van der Waals surface area contributed by atoms with Crippen molar-refractivity contribution in [1.29, 1.82) is 0 Å². The number of carbonyl (C=O) groups excluding carboxylic acids is 1. The molecule has 1 aromatic heterocycles. The van der Waals surface area contributed by atoms with Gasteiger partial charge in [-0.3, -0.25) is 14.1 Å². The molecule has 1 N–H and O–H groups in total. The van der Waals surface area contributed by atoms with Gasteiger partial charge < -0.3 is 5.32 Å². The molecule has 0 fully saturated rings. The van der Waals surface area contributed by atoms with Gasteiger partial charge in [0.05, 0.1) is 24.2 Å². The van der Waals surface area contributed by atoms with E-state index in [0.717, 1.165) is 11.8 Å². The lowest BCUT2D eigenvalue weighted by atomic mass is 10.1. The Kier molecular flexibility index (Phi) is 6.14. The SMILES string of the molecule is CC[C@@H](C(=O)NCc1ccccn1)N(c1cccc(C)c1)S(C)(=O)=O. The molecule has 1 heterocycles. The number of rotatable bonds is 7. The predicted molar refractivity (Wildman–Crippen MR) is 98.7 cm³/mol. The van der Waals surface area contributed by atoms with Gasteiger partial charge in [0.25, 0.3) is 0 Å². The highest BCUT2D eigenvalue weighted by atomic mass is 32.2. The molecule has 0 unspecified atom stereocenters. The van der Waals surface area contributed by atoms with Crippen LogP contribution in [0.1, 0.15) is 24.6 Å². The zero-order valence-electron chi connectivity index (χ0n) is 14.6. The number of hydrogen-bond donors (Lipinski definition) is 1. The lowest BCUT2D eigenvalue weighted by Crippen LogP contribution is -2.49. The van der Waals surface area contributed by atoms with Gasteiger partial charge in [-0.2, -0.15) is 0 Å². The molecule has 0 saturated carbocycles. The Balaban J connectivity index is 2.25. The Morgan fingerprint density at radius 3 is 2.56 bits per heavy atom.